The van der Waals surface area contributed by atoms with Crippen molar-refractivity contribution < 1.29 is 4.74 Å². The Morgan fingerprint density at radius 1 is 1.25 bits per heavy atom. The number of hydrogen-bond donors (Lipinski definition) is 1. The van der Waals surface area contributed by atoms with Crippen LogP contribution in [0.4, 0.5) is 5.82 Å². The van der Waals surface area contributed by atoms with Crippen molar-refractivity contribution in [2.24, 2.45) is 5.92 Å². The van der Waals surface area contributed by atoms with Gasteiger partial charge in [0.05, 0.1) is 0 Å². The Labute approximate surface area is 122 Å². The van der Waals surface area contributed by atoms with Gasteiger partial charge in [-0.3, -0.25) is 0 Å². The van der Waals surface area contributed by atoms with Crippen LogP contribution in [0.15, 0.2) is 6.07 Å². The fourth-order valence-electron chi connectivity index (χ4n) is 2.65. The molecule has 2 rings (SSSR count). The highest BCUT2D eigenvalue weighted by molar-refractivity contribution is 5.38. The summed E-state index contributed by atoms with van der Waals surface area (Å²) in [7, 11) is 0. The van der Waals surface area contributed by atoms with Crippen molar-refractivity contribution in [2.45, 2.75) is 65.4 Å². The normalized spacial score (nSPS) is 22.6. The third kappa shape index (κ3) is 4.09. The summed E-state index contributed by atoms with van der Waals surface area (Å²) in [6.45, 7) is 7.43. The molecule has 1 N–H and O–H groups in total. The molecule has 1 aliphatic carbocycles. The fourth-order valence-corrected chi connectivity index (χ4v) is 2.65. The smallest absolute Gasteiger partial charge is 0.219 e. The first-order valence-electron chi connectivity index (χ1n) is 8.01. The van der Waals surface area contributed by atoms with E-state index in [9.17, 15) is 0 Å². The molecule has 112 valence electrons. The van der Waals surface area contributed by atoms with Gasteiger partial charge in [-0.15, -0.1) is 0 Å². The van der Waals surface area contributed by atoms with E-state index < -0.39 is 0 Å². The van der Waals surface area contributed by atoms with Crippen LogP contribution in [0.2, 0.25) is 0 Å². The number of anilines is 1. The second-order valence-electron chi connectivity index (χ2n) is 5.71. The lowest BCUT2D eigenvalue weighted by Gasteiger charge is -2.29. The topological polar surface area (TPSA) is 47.0 Å². The number of nitrogens with one attached hydrogen (secondary N) is 1. The number of nitrogens with zero attached hydrogens (tertiary/aromatic N) is 2. The SMILES string of the molecule is CCCNc1cc(OC2CCCCC2C)nc(CC)n1. The Hall–Kier alpha value is -1.32. The Morgan fingerprint density at radius 2 is 2.05 bits per heavy atom. The Kier molecular flexibility index (Phi) is 5.62. The zero-order valence-electron chi connectivity index (χ0n) is 13.0. The summed E-state index contributed by atoms with van der Waals surface area (Å²) < 4.78 is 6.14. The molecule has 0 spiro atoms. The number of rotatable bonds is 6. The van der Waals surface area contributed by atoms with E-state index in [1.807, 2.05) is 6.07 Å². The van der Waals surface area contributed by atoms with Crippen molar-refractivity contribution >= 4 is 5.82 Å². The van der Waals surface area contributed by atoms with Gasteiger partial charge >= 0.3 is 0 Å². The predicted octanol–water partition coefficient (Wildman–Crippen LogP) is 3.82. The molecule has 1 fully saturated rings. The van der Waals surface area contributed by atoms with E-state index in [1.165, 1.54) is 19.3 Å². The summed E-state index contributed by atoms with van der Waals surface area (Å²) in [5, 5.41) is 3.33. The Bertz CT molecular complexity index is 422. The number of aromatic nitrogens is 2. The van der Waals surface area contributed by atoms with Crippen molar-refractivity contribution in [1.29, 1.82) is 0 Å². The van der Waals surface area contributed by atoms with Crippen LogP contribution in [0.25, 0.3) is 0 Å². The maximum absolute atomic E-state index is 6.14. The quantitative estimate of drug-likeness (QED) is 0.858. The highest BCUT2D eigenvalue weighted by Crippen LogP contribution is 2.28. The molecule has 0 amide bonds. The number of aryl methyl sites for hydroxylation is 1. The monoisotopic (exact) mass is 277 g/mol. The molecule has 2 atom stereocenters. The van der Waals surface area contributed by atoms with Gasteiger partial charge in [0.25, 0.3) is 0 Å². The summed E-state index contributed by atoms with van der Waals surface area (Å²) in [6, 6.07) is 1.94. The minimum absolute atomic E-state index is 0.308. The molecule has 4 nitrogen and oxygen atoms in total. The first-order chi connectivity index (χ1) is 9.72. The van der Waals surface area contributed by atoms with Crippen LogP contribution < -0.4 is 10.1 Å². The number of ether oxygens (including phenoxy) is 1. The Morgan fingerprint density at radius 3 is 2.75 bits per heavy atom. The van der Waals surface area contributed by atoms with Crippen LogP contribution in [-0.2, 0) is 6.42 Å². The first-order valence-corrected chi connectivity index (χ1v) is 8.01. The van der Waals surface area contributed by atoms with Gasteiger partial charge in [-0.1, -0.05) is 27.2 Å². The number of hydrogen-bond acceptors (Lipinski definition) is 4. The molecular formula is C16H27N3O. The zero-order chi connectivity index (χ0) is 14.4. The highest BCUT2D eigenvalue weighted by Gasteiger charge is 2.23. The fraction of sp³-hybridized carbons (Fsp3) is 0.750. The predicted molar refractivity (Wildman–Crippen MR) is 82.2 cm³/mol. The van der Waals surface area contributed by atoms with Crippen LogP contribution >= 0.6 is 0 Å². The molecule has 4 heteroatoms. The standard InChI is InChI=1S/C16H27N3O/c1-4-10-17-15-11-16(19-14(5-2)18-15)20-13-9-7-6-8-12(13)3/h11-13H,4-10H2,1-3H3,(H,17,18,19). The average molecular weight is 277 g/mol. The average Bonchev–Trinajstić information content (AvgIpc) is 2.47. The van der Waals surface area contributed by atoms with Gasteiger partial charge in [-0.2, -0.15) is 4.98 Å². The third-order valence-corrected chi connectivity index (χ3v) is 3.93. The van der Waals surface area contributed by atoms with Gasteiger partial charge in [0.15, 0.2) is 0 Å². The molecule has 1 aromatic rings. The maximum Gasteiger partial charge on any atom is 0.219 e. The summed E-state index contributed by atoms with van der Waals surface area (Å²) >= 11 is 0. The molecule has 1 aliphatic rings. The van der Waals surface area contributed by atoms with E-state index >= 15 is 0 Å². The van der Waals surface area contributed by atoms with E-state index in [2.05, 4.69) is 36.1 Å². The van der Waals surface area contributed by atoms with Crippen LogP contribution in [0.1, 0.15) is 58.7 Å². The van der Waals surface area contributed by atoms with Crippen LogP contribution in [0.5, 0.6) is 5.88 Å². The van der Waals surface area contributed by atoms with E-state index in [0.717, 1.165) is 43.3 Å². The molecule has 1 aromatic heterocycles. The van der Waals surface area contributed by atoms with Gasteiger partial charge < -0.3 is 10.1 Å². The van der Waals surface area contributed by atoms with Gasteiger partial charge in [-0.05, 0) is 31.6 Å². The summed E-state index contributed by atoms with van der Waals surface area (Å²) in [4.78, 5) is 9.01. The van der Waals surface area contributed by atoms with Crippen molar-refractivity contribution in [3.05, 3.63) is 11.9 Å². The van der Waals surface area contributed by atoms with Gasteiger partial charge in [0, 0.05) is 19.0 Å². The Balaban J connectivity index is 2.08. The molecule has 0 aliphatic heterocycles. The van der Waals surface area contributed by atoms with Gasteiger partial charge in [-0.25, -0.2) is 4.98 Å². The largest absolute Gasteiger partial charge is 0.474 e. The van der Waals surface area contributed by atoms with E-state index in [4.69, 9.17) is 4.74 Å². The maximum atomic E-state index is 6.14. The third-order valence-electron chi connectivity index (χ3n) is 3.93. The second kappa shape index (κ2) is 7.46. The van der Waals surface area contributed by atoms with Crippen molar-refractivity contribution in [3.8, 4) is 5.88 Å². The molecule has 0 bridgehead atoms. The minimum atomic E-state index is 0.308. The van der Waals surface area contributed by atoms with Crippen LogP contribution in [0.3, 0.4) is 0 Å². The molecule has 0 aromatic carbocycles. The summed E-state index contributed by atoms with van der Waals surface area (Å²) in [5.74, 6) is 3.09. The van der Waals surface area contributed by atoms with E-state index in [-0.39, 0.29) is 0 Å². The van der Waals surface area contributed by atoms with Crippen molar-refractivity contribution in [1.82, 2.24) is 9.97 Å². The molecule has 0 radical (unpaired) electrons. The molecule has 0 saturated heterocycles. The lowest BCUT2D eigenvalue weighted by Crippen LogP contribution is -2.28. The summed E-state index contributed by atoms with van der Waals surface area (Å²) in [6.07, 6.45) is 7.22. The second-order valence-corrected chi connectivity index (χ2v) is 5.71. The lowest BCUT2D eigenvalue weighted by atomic mass is 9.88. The molecule has 1 saturated carbocycles. The van der Waals surface area contributed by atoms with Crippen molar-refractivity contribution in [2.75, 3.05) is 11.9 Å². The van der Waals surface area contributed by atoms with E-state index in [1.54, 1.807) is 0 Å². The summed E-state index contributed by atoms with van der Waals surface area (Å²) in [5.41, 5.74) is 0. The molecule has 20 heavy (non-hydrogen) atoms. The first kappa shape index (κ1) is 15.1. The van der Waals surface area contributed by atoms with Crippen molar-refractivity contribution in [3.63, 3.8) is 0 Å². The molecule has 2 unspecified atom stereocenters. The highest BCUT2D eigenvalue weighted by atomic mass is 16.5. The molecular weight excluding hydrogens is 250 g/mol. The van der Waals surface area contributed by atoms with E-state index in [0.29, 0.717) is 12.0 Å². The van der Waals surface area contributed by atoms with Crippen LogP contribution in [0, 0.1) is 5.92 Å². The molecule has 1 heterocycles. The van der Waals surface area contributed by atoms with Gasteiger partial charge in [0.2, 0.25) is 5.88 Å². The van der Waals surface area contributed by atoms with Gasteiger partial charge in [0.1, 0.15) is 17.7 Å². The zero-order valence-corrected chi connectivity index (χ0v) is 13.0. The minimum Gasteiger partial charge on any atom is -0.474 e. The lowest BCUT2D eigenvalue weighted by molar-refractivity contribution is 0.0972. The van der Waals surface area contributed by atoms with Crippen LogP contribution in [-0.4, -0.2) is 22.6 Å².